The molecule has 16 heavy (non-hydrogen) atoms. The van der Waals surface area contributed by atoms with Crippen LogP contribution in [0, 0.1) is 12.7 Å². The fourth-order valence-corrected chi connectivity index (χ4v) is 1.64. The van der Waals surface area contributed by atoms with E-state index in [0.717, 1.165) is 11.1 Å². The molecule has 0 saturated carbocycles. The molecule has 0 radical (unpaired) electrons. The first kappa shape index (κ1) is 10.7. The second kappa shape index (κ2) is 4.35. The SMILES string of the molecule is COc1cc(F)ccc1-c1ccc(C)cc1. The zero-order chi connectivity index (χ0) is 11.5. The van der Waals surface area contributed by atoms with Gasteiger partial charge in [0.15, 0.2) is 0 Å². The van der Waals surface area contributed by atoms with Crippen LogP contribution >= 0.6 is 0 Å². The molecule has 1 nitrogen and oxygen atoms in total. The van der Waals surface area contributed by atoms with Crippen molar-refractivity contribution < 1.29 is 9.13 Å². The maximum Gasteiger partial charge on any atom is 0.129 e. The van der Waals surface area contributed by atoms with Crippen LogP contribution in [0.5, 0.6) is 5.75 Å². The number of hydrogen-bond donors (Lipinski definition) is 0. The van der Waals surface area contributed by atoms with Gasteiger partial charge in [-0.3, -0.25) is 0 Å². The highest BCUT2D eigenvalue weighted by Gasteiger charge is 2.06. The first-order chi connectivity index (χ1) is 7.70. The van der Waals surface area contributed by atoms with Crippen LogP contribution in [0.15, 0.2) is 42.5 Å². The van der Waals surface area contributed by atoms with Gasteiger partial charge in [-0.05, 0) is 24.6 Å². The highest BCUT2D eigenvalue weighted by molar-refractivity contribution is 5.70. The number of rotatable bonds is 2. The van der Waals surface area contributed by atoms with Gasteiger partial charge in [0.05, 0.1) is 7.11 Å². The normalized spacial score (nSPS) is 10.2. The molecular weight excluding hydrogens is 203 g/mol. The van der Waals surface area contributed by atoms with Gasteiger partial charge < -0.3 is 4.74 Å². The third-order valence-electron chi connectivity index (χ3n) is 2.53. The summed E-state index contributed by atoms with van der Waals surface area (Å²) in [4.78, 5) is 0. The van der Waals surface area contributed by atoms with Gasteiger partial charge >= 0.3 is 0 Å². The number of methoxy groups -OCH3 is 1. The summed E-state index contributed by atoms with van der Waals surface area (Å²) in [5, 5.41) is 0. The fraction of sp³-hybridized carbons (Fsp3) is 0.143. The lowest BCUT2D eigenvalue weighted by Gasteiger charge is -2.08. The van der Waals surface area contributed by atoms with Crippen molar-refractivity contribution in [3.05, 3.63) is 53.8 Å². The summed E-state index contributed by atoms with van der Waals surface area (Å²) in [5.41, 5.74) is 3.14. The molecule has 0 aromatic heterocycles. The van der Waals surface area contributed by atoms with Crippen molar-refractivity contribution in [1.29, 1.82) is 0 Å². The van der Waals surface area contributed by atoms with E-state index in [0.29, 0.717) is 5.75 Å². The van der Waals surface area contributed by atoms with E-state index in [1.807, 2.05) is 31.2 Å². The van der Waals surface area contributed by atoms with E-state index in [1.165, 1.54) is 17.7 Å². The molecule has 2 heteroatoms. The van der Waals surface area contributed by atoms with Crippen molar-refractivity contribution in [3.8, 4) is 16.9 Å². The highest BCUT2D eigenvalue weighted by atomic mass is 19.1. The van der Waals surface area contributed by atoms with Crippen LogP contribution < -0.4 is 4.74 Å². The van der Waals surface area contributed by atoms with E-state index in [-0.39, 0.29) is 5.82 Å². The van der Waals surface area contributed by atoms with Crippen molar-refractivity contribution in [1.82, 2.24) is 0 Å². The van der Waals surface area contributed by atoms with Crippen molar-refractivity contribution in [2.75, 3.05) is 7.11 Å². The third-order valence-corrected chi connectivity index (χ3v) is 2.53. The molecule has 0 aliphatic heterocycles. The minimum absolute atomic E-state index is 0.285. The lowest BCUT2D eigenvalue weighted by molar-refractivity contribution is 0.413. The molecule has 0 fully saturated rings. The predicted octanol–water partition coefficient (Wildman–Crippen LogP) is 3.81. The molecule has 82 valence electrons. The number of hydrogen-bond acceptors (Lipinski definition) is 1. The van der Waals surface area contributed by atoms with Gasteiger partial charge in [0.1, 0.15) is 11.6 Å². The zero-order valence-electron chi connectivity index (χ0n) is 9.33. The Labute approximate surface area is 94.5 Å². The predicted molar refractivity (Wildman–Crippen MR) is 63.1 cm³/mol. The van der Waals surface area contributed by atoms with Gasteiger partial charge in [0, 0.05) is 11.6 Å². The van der Waals surface area contributed by atoms with Crippen LogP contribution in [0.3, 0.4) is 0 Å². The van der Waals surface area contributed by atoms with E-state index >= 15 is 0 Å². The van der Waals surface area contributed by atoms with E-state index in [4.69, 9.17) is 4.74 Å². The van der Waals surface area contributed by atoms with Crippen LogP contribution in [0.2, 0.25) is 0 Å². The summed E-state index contributed by atoms with van der Waals surface area (Å²) in [5.74, 6) is 0.275. The minimum Gasteiger partial charge on any atom is -0.496 e. The average Bonchev–Trinajstić information content (AvgIpc) is 2.30. The second-order valence-electron chi connectivity index (χ2n) is 3.71. The summed E-state index contributed by atoms with van der Waals surface area (Å²) in [7, 11) is 1.55. The van der Waals surface area contributed by atoms with Crippen LogP contribution in [-0.2, 0) is 0 Å². The number of aryl methyl sites for hydroxylation is 1. The Kier molecular flexibility index (Phi) is 2.91. The van der Waals surface area contributed by atoms with Gasteiger partial charge in [0.25, 0.3) is 0 Å². The zero-order valence-corrected chi connectivity index (χ0v) is 9.33. The fourth-order valence-electron chi connectivity index (χ4n) is 1.64. The van der Waals surface area contributed by atoms with Crippen LogP contribution in [0.25, 0.3) is 11.1 Å². The topological polar surface area (TPSA) is 9.23 Å². The molecule has 0 aliphatic rings. The summed E-state index contributed by atoms with van der Waals surface area (Å²) in [6.45, 7) is 2.03. The number of halogens is 1. The first-order valence-electron chi connectivity index (χ1n) is 5.11. The minimum atomic E-state index is -0.285. The largest absolute Gasteiger partial charge is 0.496 e. The Morgan fingerprint density at radius 3 is 2.31 bits per heavy atom. The molecule has 0 amide bonds. The van der Waals surface area contributed by atoms with Crippen molar-refractivity contribution in [2.24, 2.45) is 0 Å². The summed E-state index contributed by atoms with van der Waals surface area (Å²) in [6, 6.07) is 12.6. The summed E-state index contributed by atoms with van der Waals surface area (Å²) in [6.07, 6.45) is 0. The molecule has 2 rings (SSSR count). The Morgan fingerprint density at radius 1 is 1.00 bits per heavy atom. The Bertz CT molecular complexity index is 489. The molecule has 0 N–H and O–H groups in total. The van der Waals surface area contributed by atoms with E-state index in [9.17, 15) is 4.39 Å². The van der Waals surface area contributed by atoms with Gasteiger partial charge in [-0.15, -0.1) is 0 Å². The third kappa shape index (κ3) is 2.06. The van der Waals surface area contributed by atoms with Crippen molar-refractivity contribution in [3.63, 3.8) is 0 Å². The summed E-state index contributed by atoms with van der Waals surface area (Å²) >= 11 is 0. The first-order valence-corrected chi connectivity index (χ1v) is 5.11. The van der Waals surface area contributed by atoms with E-state index in [2.05, 4.69) is 0 Å². The van der Waals surface area contributed by atoms with Crippen LogP contribution in [0.4, 0.5) is 4.39 Å². The van der Waals surface area contributed by atoms with Gasteiger partial charge in [-0.25, -0.2) is 4.39 Å². The molecule has 2 aromatic rings. The van der Waals surface area contributed by atoms with Crippen molar-refractivity contribution in [2.45, 2.75) is 6.92 Å². The number of benzene rings is 2. The van der Waals surface area contributed by atoms with Crippen LogP contribution in [0.1, 0.15) is 5.56 Å². The molecule has 0 bridgehead atoms. The molecule has 0 atom stereocenters. The van der Waals surface area contributed by atoms with Gasteiger partial charge in [-0.2, -0.15) is 0 Å². The molecule has 0 spiro atoms. The molecule has 0 aliphatic carbocycles. The average molecular weight is 216 g/mol. The monoisotopic (exact) mass is 216 g/mol. The molecular formula is C14H13FO. The molecule has 0 heterocycles. The maximum absolute atomic E-state index is 13.0. The van der Waals surface area contributed by atoms with E-state index < -0.39 is 0 Å². The van der Waals surface area contributed by atoms with Crippen molar-refractivity contribution >= 4 is 0 Å². The summed E-state index contributed by atoms with van der Waals surface area (Å²) < 4.78 is 18.2. The molecule has 0 saturated heterocycles. The standard InChI is InChI=1S/C14H13FO/c1-10-3-5-11(6-4-10)13-8-7-12(15)9-14(13)16-2/h3-9H,1-2H3. The Morgan fingerprint density at radius 2 is 1.69 bits per heavy atom. The highest BCUT2D eigenvalue weighted by Crippen LogP contribution is 2.30. The lowest BCUT2D eigenvalue weighted by Crippen LogP contribution is -1.89. The van der Waals surface area contributed by atoms with E-state index in [1.54, 1.807) is 13.2 Å². The maximum atomic E-state index is 13.0. The van der Waals surface area contributed by atoms with Crippen LogP contribution in [-0.4, -0.2) is 7.11 Å². The quantitative estimate of drug-likeness (QED) is 0.741. The van der Waals surface area contributed by atoms with Gasteiger partial charge in [-0.1, -0.05) is 29.8 Å². The lowest BCUT2D eigenvalue weighted by atomic mass is 10.0. The molecule has 0 unspecified atom stereocenters. The molecule has 2 aromatic carbocycles. The number of ether oxygens (including phenoxy) is 1. The smallest absolute Gasteiger partial charge is 0.129 e. The Balaban J connectivity index is 2.51. The van der Waals surface area contributed by atoms with Gasteiger partial charge in [0.2, 0.25) is 0 Å². The Hall–Kier alpha value is -1.83. The second-order valence-corrected chi connectivity index (χ2v) is 3.71.